The summed E-state index contributed by atoms with van der Waals surface area (Å²) in [5.74, 6) is 5.35. The number of carbonyl (C=O) groups is 3. The Morgan fingerprint density at radius 3 is 2.93 bits per heavy atom. The molecule has 1 aromatic carbocycles. The number of aryl methyl sites for hydroxylation is 1. The van der Waals surface area contributed by atoms with E-state index in [1.54, 1.807) is 23.0 Å². The number of imidazole rings is 1. The highest BCUT2D eigenvalue weighted by Gasteiger charge is 2.39. The number of imide groups is 1. The number of nitriles is 1. The van der Waals surface area contributed by atoms with Crippen molar-refractivity contribution in [3.8, 4) is 17.9 Å². The number of unbranched alkanes of at least 4 members (excludes halogenated alkanes) is 1. The molecular formula is C22H19N5O3. The summed E-state index contributed by atoms with van der Waals surface area (Å²) >= 11 is 0. The zero-order valence-electron chi connectivity index (χ0n) is 16.2. The molecule has 1 atom stereocenters. The third kappa shape index (κ3) is 3.68. The van der Waals surface area contributed by atoms with E-state index in [1.807, 2.05) is 6.07 Å². The van der Waals surface area contributed by atoms with Crippen molar-refractivity contribution >= 4 is 17.7 Å². The Kier molecular flexibility index (Phi) is 5.32. The van der Waals surface area contributed by atoms with Gasteiger partial charge in [0.15, 0.2) is 0 Å². The number of nitrogens with one attached hydrogen (secondary N) is 1. The topological polar surface area (TPSA) is 108 Å². The molecule has 4 rings (SSSR count). The Labute approximate surface area is 173 Å². The summed E-state index contributed by atoms with van der Waals surface area (Å²) in [6.07, 6.45) is 5.14. The van der Waals surface area contributed by atoms with Gasteiger partial charge in [-0.2, -0.15) is 5.26 Å². The Morgan fingerprint density at radius 2 is 2.13 bits per heavy atom. The first-order valence-electron chi connectivity index (χ1n) is 9.74. The maximum atomic E-state index is 12.8. The van der Waals surface area contributed by atoms with E-state index in [9.17, 15) is 14.4 Å². The van der Waals surface area contributed by atoms with Crippen LogP contribution in [0.5, 0.6) is 0 Å². The van der Waals surface area contributed by atoms with Crippen molar-refractivity contribution in [2.75, 3.05) is 0 Å². The third-order valence-corrected chi connectivity index (χ3v) is 5.33. The van der Waals surface area contributed by atoms with Crippen LogP contribution in [0.2, 0.25) is 0 Å². The Hall–Kier alpha value is -3.91. The maximum Gasteiger partial charge on any atom is 0.255 e. The number of rotatable bonds is 4. The molecule has 0 bridgehead atoms. The van der Waals surface area contributed by atoms with Crippen molar-refractivity contribution in [1.29, 1.82) is 5.26 Å². The summed E-state index contributed by atoms with van der Waals surface area (Å²) < 4.78 is 1.79. The van der Waals surface area contributed by atoms with E-state index in [2.05, 4.69) is 28.2 Å². The van der Waals surface area contributed by atoms with Crippen LogP contribution in [-0.2, 0) is 22.7 Å². The number of fused-ring (bicyclic) bond motifs is 1. The van der Waals surface area contributed by atoms with Crippen LogP contribution < -0.4 is 5.32 Å². The van der Waals surface area contributed by atoms with Gasteiger partial charge in [0.05, 0.1) is 12.5 Å². The molecule has 0 saturated carbocycles. The molecule has 8 nitrogen and oxygen atoms in total. The van der Waals surface area contributed by atoms with Crippen molar-refractivity contribution in [3.05, 3.63) is 53.1 Å². The highest BCUT2D eigenvalue weighted by atomic mass is 16.2. The molecule has 1 unspecified atom stereocenters. The van der Waals surface area contributed by atoms with E-state index in [1.165, 1.54) is 11.1 Å². The molecule has 3 heterocycles. The Bertz CT molecular complexity index is 1130. The molecule has 8 heteroatoms. The summed E-state index contributed by atoms with van der Waals surface area (Å²) in [5.41, 5.74) is 2.68. The standard InChI is InChI=1S/C22H19N5O3/c23-11-16-12-24-14-26(16)10-3-1-2-5-15-6-4-7-17-18(15)13-27(22(17)30)19-8-9-20(28)25-21(19)29/h4,6-7,12,14,19H,1,3,8-10,13H2,(H,25,28,29). The molecule has 1 saturated heterocycles. The molecule has 1 N–H and O–H groups in total. The van der Waals surface area contributed by atoms with Crippen LogP contribution in [0.4, 0.5) is 0 Å². The second-order valence-corrected chi connectivity index (χ2v) is 7.22. The monoisotopic (exact) mass is 401 g/mol. The van der Waals surface area contributed by atoms with Crippen LogP contribution in [-0.4, -0.2) is 38.2 Å². The van der Waals surface area contributed by atoms with Gasteiger partial charge < -0.3 is 9.47 Å². The van der Waals surface area contributed by atoms with E-state index in [-0.39, 0.29) is 18.2 Å². The maximum absolute atomic E-state index is 12.8. The lowest BCUT2D eigenvalue weighted by Crippen LogP contribution is -2.52. The van der Waals surface area contributed by atoms with Crippen molar-refractivity contribution in [2.45, 2.75) is 44.8 Å². The third-order valence-electron chi connectivity index (χ3n) is 5.33. The van der Waals surface area contributed by atoms with Crippen molar-refractivity contribution < 1.29 is 14.4 Å². The van der Waals surface area contributed by atoms with Crippen LogP contribution in [0.25, 0.3) is 0 Å². The summed E-state index contributed by atoms with van der Waals surface area (Å²) in [7, 11) is 0. The predicted molar refractivity (Wildman–Crippen MR) is 106 cm³/mol. The Morgan fingerprint density at radius 1 is 1.27 bits per heavy atom. The zero-order chi connectivity index (χ0) is 21.1. The molecular weight excluding hydrogens is 382 g/mol. The van der Waals surface area contributed by atoms with Gasteiger partial charge in [-0.1, -0.05) is 17.9 Å². The average Bonchev–Trinajstić information content (AvgIpc) is 3.33. The van der Waals surface area contributed by atoms with Gasteiger partial charge in [-0.3, -0.25) is 19.7 Å². The smallest absolute Gasteiger partial charge is 0.255 e. The second-order valence-electron chi connectivity index (χ2n) is 7.22. The van der Waals surface area contributed by atoms with Gasteiger partial charge in [0.25, 0.3) is 5.91 Å². The minimum Gasteiger partial charge on any atom is -0.322 e. The number of nitrogens with zero attached hydrogens (tertiary/aromatic N) is 4. The number of carbonyl (C=O) groups excluding carboxylic acids is 3. The summed E-state index contributed by atoms with van der Waals surface area (Å²) in [6, 6.07) is 6.87. The molecule has 1 fully saturated rings. The lowest BCUT2D eigenvalue weighted by atomic mass is 10.0. The fraction of sp³-hybridized carbons (Fsp3) is 0.318. The van der Waals surface area contributed by atoms with Crippen LogP contribution >= 0.6 is 0 Å². The molecule has 150 valence electrons. The van der Waals surface area contributed by atoms with Crippen molar-refractivity contribution in [2.24, 2.45) is 0 Å². The van der Waals surface area contributed by atoms with Crippen LogP contribution in [0.15, 0.2) is 30.7 Å². The van der Waals surface area contributed by atoms with Gasteiger partial charge in [0, 0.05) is 37.1 Å². The zero-order valence-corrected chi connectivity index (χ0v) is 16.2. The fourth-order valence-corrected chi connectivity index (χ4v) is 3.79. The van der Waals surface area contributed by atoms with Gasteiger partial charge >= 0.3 is 0 Å². The quantitative estimate of drug-likeness (QED) is 0.473. The number of benzene rings is 1. The van der Waals surface area contributed by atoms with Crippen LogP contribution in [0.3, 0.4) is 0 Å². The summed E-state index contributed by atoms with van der Waals surface area (Å²) in [6.45, 7) is 0.970. The Balaban J connectivity index is 1.43. The van der Waals surface area contributed by atoms with Crippen molar-refractivity contribution in [3.63, 3.8) is 0 Å². The average molecular weight is 401 g/mol. The first-order valence-corrected chi connectivity index (χ1v) is 9.74. The molecule has 1 aromatic heterocycles. The molecule has 0 spiro atoms. The minimum absolute atomic E-state index is 0.202. The molecule has 2 aliphatic heterocycles. The number of piperidine rings is 1. The van der Waals surface area contributed by atoms with E-state index in [0.717, 1.165) is 17.5 Å². The van der Waals surface area contributed by atoms with E-state index in [4.69, 9.17) is 5.26 Å². The second kappa shape index (κ2) is 8.22. The number of hydrogen-bond acceptors (Lipinski definition) is 5. The fourth-order valence-electron chi connectivity index (χ4n) is 3.79. The first-order chi connectivity index (χ1) is 14.6. The molecule has 2 aliphatic rings. The highest BCUT2D eigenvalue weighted by molar-refractivity contribution is 6.05. The van der Waals surface area contributed by atoms with Gasteiger partial charge in [0.2, 0.25) is 11.8 Å². The molecule has 0 radical (unpaired) electrons. The summed E-state index contributed by atoms with van der Waals surface area (Å²) in [4.78, 5) is 41.9. The van der Waals surface area contributed by atoms with Gasteiger partial charge in [0.1, 0.15) is 17.8 Å². The predicted octanol–water partition coefficient (Wildman–Crippen LogP) is 1.35. The van der Waals surface area contributed by atoms with Crippen molar-refractivity contribution in [1.82, 2.24) is 19.8 Å². The minimum atomic E-state index is -0.632. The number of aromatic nitrogens is 2. The summed E-state index contributed by atoms with van der Waals surface area (Å²) in [5, 5.41) is 11.3. The molecule has 0 aliphatic carbocycles. The first kappa shape index (κ1) is 19.4. The number of hydrogen-bond donors (Lipinski definition) is 1. The van der Waals surface area contributed by atoms with E-state index < -0.39 is 11.9 Å². The van der Waals surface area contributed by atoms with E-state index >= 15 is 0 Å². The molecule has 2 aromatic rings. The van der Waals surface area contributed by atoms with Crippen LogP contribution in [0.1, 0.15) is 52.9 Å². The molecule has 3 amide bonds. The SMILES string of the molecule is N#Cc1cncn1CCCC#Cc1cccc2c1CN(C1CCC(=O)NC1=O)C2=O. The largest absolute Gasteiger partial charge is 0.322 e. The molecule has 30 heavy (non-hydrogen) atoms. The van der Waals surface area contributed by atoms with Gasteiger partial charge in [-0.25, -0.2) is 4.98 Å². The lowest BCUT2D eigenvalue weighted by Gasteiger charge is -2.29. The van der Waals surface area contributed by atoms with Gasteiger partial charge in [-0.15, -0.1) is 0 Å². The normalized spacial score (nSPS) is 17.8. The highest BCUT2D eigenvalue weighted by Crippen LogP contribution is 2.29. The number of amides is 3. The van der Waals surface area contributed by atoms with E-state index in [0.29, 0.717) is 37.2 Å². The lowest BCUT2D eigenvalue weighted by molar-refractivity contribution is -0.136. The van der Waals surface area contributed by atoms with Crippen LogP contribution in [0, 0.1) is 23.2 Å². The van der Waals surface area contributed by atoms with Gasteiger partial charge in [-0.05, 0) is 30.5 Å².